The monoisotopic (exact) mass is 379 g/mol. The molecular formula is C18H12ClF2NO4. The maximum Gasteiger partial charge on any atom is 0.375 e. The first kappa shape index (κ1) is 17.9. The molecular weight excluding hydrogens is 368 g/mol. The standard InChI is InChI=1S/C18H12ClF2NO4/c1-9-12-6-10(19)2-5-15(12)26-17(9)18(24)25-8-16(23)22-14-7-11(20)3-4-13(14)21/h2-7H,8H2,1H3,(H,22,23). The number of rotatable bonds is 4. The van der Waals surface area contributed by atoms with Crippen molar-refractivity contribution in [2.75, 3.05) is 11.9 Å². The van der Waals surface area contributed by atoms with Gasteiger partial charge >= 0.3 is 5.97 Å². The molecule has 0 atom stereocenters. The van der Waals surface area contributed by atoms with Gasteiger partial charge in [0.15, 0.2) is 6.61 Å². The van der Waals surface area contributed by atoms with Gasteiger partial charge in [0.25, 0.3) is 5.91 Å². The summed E-state index contributed by atoms with van der Waals surface area (Å²) in [5.41, 5.74) is 0.620. The summed E-state index contributed by atoms with van der Waals surface area (Å²) in [6.07, 6.45) is 0. The molecule has 1 N–H and O–H groups in total. The Hall–Kier alpha value is -2.93. The zero-order valence-corrected chi connectivity index (χ0v) is 14.2. The van der Waals surface area contributed by atoms with Crippen molar-refractivity contribution in [1.82, 2.24) is 0 Å². The number of carbonyl (C=O) groups is 2. The van der Waals surface area contributed by atoms with Crippen molar-refractivity contribution >= 4 is 40.1 Å². The van der Waals surface area contributed by atoms with Gasteiger partial charge in [-0.05, 0) is 37.3 Å². The van der Waals surface area contributed by atoms with E-state index in [0.717, 1.165) is 18.2 Å². The zero-order valence-electron chi connectivity index (χ0n) is 13.4. The molecule has 0 radical (unpaired) electrons. The molecule has 2 aromatic carbocycles. The highest BCUT2D eigenvalue weighted by Crippen LogP contribution is 2.28. The van der Waals surface area contributed by atoms with Gasteiger partial charge in [-0.25, -0.2) is 13.6 Å². The average Bonchev–Trinajstić information content (AvgIpc) is 2.92. The van der Waals surface area contributed by atoms with E-state index in [-0.39, 0.29) is 11.4 Å². The highest BCUT2D eigenvalue weighted by molar-refractivity contribution is 6.31. The number of halogens is 3. The fourth-order valence-corrected chi connectivity index (χ4v) is 2.54. The molecule has 3 aromatic rings. The van der Waals surface area contributed by atoms with Crippen LogP contribution < -0.4 is 5.32 Å². The van der Waals surface area contributed by atoms with Crippen molar-refractivity contribution in [1.29, 1.82) is 0 Å². The number of esters is 1. The largest absolute Gasteiger partial charge is 0.450 e. The maximum atomic E-state index is 13.5. The molecule has 0 unspecified atom stereocenters. The van der Waals surface area contributed by atoms with Crippen LogP contribution in [0.2, 0.25) is 5.02 Å². The minimum Gasteiger partial charge on any atom is -0.450 e. The highest BCUT2D eigenvalue weighted by atomic mass is 35.5. The molecule has 0 bridgehead atoms. The van der Waals surface area contributed by atoms with Gasteiger partial charge in [-0.15, -0.1) is 0 Å². The Morgan fingerprint density at radius 3 is 2.73 bits per heavy atom. The molecule has 0 aliphatic carbocycles. The topological polar surface area (TPSA) is 68.5 Å². The van der Waals surface area contributed by atoms with Crippen LogP contribution in [-0.2, 0) is 9.53 Å². The summed E-state index contributed by atoms with van der Waals surface area (Å²) in [5.74, 6) is -3.26. The molecule has 1 amide bonds. The molecule has 134 valence electrons. The lowest BCUT2D eigenvalue weighted by molar-refractivity contribution is -0.119. The van der Waals surface area contributed by atoms with Gasteiger partial charge in [-0.3, -0.25) is 4.79 Å². The van der Waals surface area contributed by atoms with Crippen molar-refractivity contribution in [3.05, 3.63) is 64.4 Å². The normalized spacial score (nSPS) is 10.8. The first-order valence-electron chi connectivity index (χ1n) is 7.46. The molecule has 0 aliphatic heterocycles. The van der Waals surface area contributed by atoms with E-state index in [2.05, 4.69) is 5.32 Å². The molecule has 0 saturated carbocycles. The number of benzene rings is 2. The van der Waals surface area contributed by atoms with Gasteiger partial charge in [0.1, 0.15) is 17.2 Å². The Balaban J connectivity index is 1.68. The number of anilines is 1. The lowest BCUT2D eigenvalue weighted by Crippen LogP contribution is -2.21. The molecule has 0 aliphatic rings. The predicted octanol–water partition coefficient (Wildman–Crippen LogP) is 4.47. The van der Waals surface area contributed by atoms with Crippen LogP contribution in [0.25, 0.3) is 11.0 Å². The summed E-state index contributed by atoms with van der Waals surface area (Å²) in [6.45, 7) is 0.965. The molecule has 1 heterocycles. The van der Waals surface area contributed by atoms with Crippen LogP contribution in [0, 0.1) is 18.6 Å². The smallest absolute Gasteiger partial charge is 0.375 e. The van der Waals surface area contributed by atoms with Gasteiger partial charge < -0.3 is 14.5 Å². The van der Waals surface area contributed by atoms with Crippen molar-refractivity contribution in [2.45, 2.75) is 6.92 Å². The van der Waals surface area contributed by atoms with Gasteiger partial charge in [-0.1, -0.05) is 11.6 Å². The van der Waals surface area contributed by atoms with Gasteiger partial charge in [-0.2, -0.15) is 0 Å². The Morgan fingerprint density at radius 1 is 1.19 bits per heavy atom. The second-order valence-corrected chi connectivity index (χ2v) is 5.88. The molecule has 0 spiro atoms. The van der Waals surface area contributed by atoms with E-state index < -0.39 is 30.1 Å². The van der Waals surface area contributed by atoms with Crippen LogP contribution in [0.5, 0.6) is 0 Å². The van der Waals surface area contributed by atoms with E-state index >= 15 is 0 Å². The Kier molecular flexibility index (Phi) is 4.90. The van der Waals surface area contributed by atoms with Crippen LogP contribution in [-0.4, -0.2) is 18.5 Å². The second-order valence-electron chi connectivity index (χ2n) is 5.45. The van der Waals surface area contributed by atoms with E-state index in [1.807, 2.05) is 0 Å². The summed E-state index contributed by atoms with van der Waals surface area (Å²) in [7, 11) is 0. The first-order chi connectivity index (χ1) is 12.3. The number of fused-ring (bicyclic) bond motifs is 1. The zero-order chi connectivity index (χ0) is 18.8. The number of carbonyl (C=O) groups excluding carboxylic acids is 2. The lowest BCUT2D eigenvalue weighted by atomic mass is 10.1. The van der Waals surface area contributed by atoms with Crippen molar-refractivity contribution < 1.29 is 27.5 Å². The SMILES string of the molecule is Cc1c(C(=O)OCC(=O)Nc2cc(F)ccc2F)oc2ccc(Cl)cc12. The van der Waals surface area contributed by atoms with Crippen LogP contribution in [0.3, 0.4) is 0 Å². The van der Waals surface area contributed by atoms with Gasteiger partial charge in [0.05, 0.1) is 5.69 Å². The van der Waals surface area contributed by atoms with Crippen LogP contribution >= 0.6 is 11.6 Å². The van der Waals surface area contributed by atoms with Crippen LogP contribution in [0.15, 0.2) is 40.8 Å². The maximum absolute atomic E-state index is 13.5. The Bertz CT molecular complexity index is 1020. The van der Waals surface area contributed by atoms with Crippen molar-refractivity contribution in [2.24, 2.45) is 0 Å². The number of ether oxygens (including phenoxy) is 1. The quantitative estimate of drug-likeness (QED) is 0.679. The molecule has 26 heavy (non-hydrogen) atoms. The third kappa shape index (κ3) is 3.67. The molecule has 1 aromatic heterocycles. The van der Waals surface area contributed by atoms with Crippen molar-refractivity contribution in [3.63, 3.8) is 0 Å². The van der Waals surface area contributed by atoms with E-state index in [1.54, 1.807) is 25.1 Å². The molecule has 8 heteroatoms. The Morgan fingerprint density at radius 2 is 1.96 bits per heavy atom. The van der Waals surface area contributed by atoms with E-state index in [9.17, 15) is 18.4 Å². The first-order valence-corrected chi connectivity index (χ1v) is 7.83. The van der Waals surface area contributed by atoms with Crippen LogP contribution in [0.4, 0.5) is 14.5 Å². The number of hydrogen-bond donors (Lipinski definition) is 1. The lowest BCUT2D eigenvalue weighted by Gasteiger charge is -2.07. The average molecular weight is 380 g/mol. The number of aryl methyl sites for hydroxylation is 1. The van der Waals surface area contributed by atoms with Crippen LogP contribution in [0.1, 0.15) is 16.1 Å². The highest BCUT2D eigenvalue weighted by Gasteiger charge is 2.20. The number of amides is 1. The van der Waals surface area contributed by atoms with E-state index in [0.29, 0.717) is 21.6 Å². The number of nitrogens with one attached hydrogen (secondary N) is 1. The van der Waals surface area contributed by atoms with E-state index in [4.69, 9.17) is 20.8 Å². The third-order valence-corrected chi connectivity index (χ3v) is 3.86. The molecule has 3 rings (SSSR count). The second kappa shape index (κ2) is 7.13. The molecule has 0 fully saturated rings. The summed E-state index contributed by atoms with van der Waals surface area (Å²) in [6, 6.07) is 7.49. The number of furan rings is 1. The fraction of sp³-hybridized carbons (Fsp3) is 0.111. The summed E-state index contributed by atoms with van der Waals surface area (Å²) < 4.78 is 36.9. The Labute approximate surface area is 151 Å². The minimum absolute atomic E-state index is 0.0630. The van der Waals surface area contributed by atoms with Crippen molar-refractivity contribution in [3.8, 4) is 0 Å². The predicted molar refractivity (Wildman–Crippen MR) is 91.2 cm³/mol. The van der Waals surface area contributed by atoms with E-state index in [1.165, 1.54) is 0 Å². The summed E-state index contributed by atoms with van der Waals surface area (Å²) >= 11 is 5.92. The summed E-state index contributed by atoms with van der Waals surface area (Å²) in [4.78, 5) is 23.9. The molecule has 0 saturated heterocycles. The third-order valence-electron chi connectivity index (χ3n) is 3.62. The van der Waals surface area contributed by atoms with Gasteiger partial charge in [0, 0.05) is 22.0 Å². The fourth-order valence-electron chi connectivity index (χ4n) is 2.36. The number of hydrogen-bond acceptors (Lipinski definition) is 4. The van der Waals surface area contributed by atoms with Gasteiger partial charge in [0.2, 0.25) is 5.76 Å². The summed E-state index contributed by atoms with van der Waals surface area (Å²) in [5, 5.41) is 3.26. The molecule has 5 nitrogen and oxygen atoms in total. The minimum atomic E-state index is -0.857.